The number of nitrogens with two attached hydrogens (primary N) is 1. The van der Waals surface area contributed by atoms with Gasteiger partial charge in [0.25, 0.3) is 0 Å². The molecule has 2 aromatic rings. The molecule has 0 aliphatic carbocycles. The number of hydrogen-bond donors (Lipinski definition) is 2. The smallest absolute Gasteiger partial charge is 0.225 e. The number of carbonyl (C=O) groups is 1. The van der Waals surface area contributed by atoms with E-state index in [1.165, 1.54) is 5.56 Å². The first-order valence-electron chi connectivity index (χ1n) is 8.30. The number of nitrogens with one attached hydrogen (secondary N) is 1. The minimum absolute atomic E-state index is 0.114. The zero-order valence-electron chi connectivity index (χ0n) is 14.1. The first kappa shape index (κ1) is 19.7. The zero-order chi connectivity index (χ0) is 18.1. The summed E-state index contributed by atoms with van der Waals surface area (Å²) in [6.45, 7) is 2.82. The average molecular weight is 380 g/mol. The molecule has 0 aliphatic heterocycles. The van der Waals surface area contributed by atoms with Gasteiger partial charge in [-0.1, -0.05) is 59.6 Å². The lowest BCUT2D eigenvalue weighted by molar-refractivity contribution is -0.116. The van der Waals surface area contributed by atoms with Crippen LogP contribution in [-0.4, -0.2) is 37.0 Å². The van der Waals surface area contributed by atoms with Crippen LogP contribution >= 0.6 is 23.2 Å². The van der Waals surface area contributed by atoms with Crippen LogP contribution < -0.4 is 11.1 Å². The van der Waals surface area contributed by atoms with Crippen molar-refractivity contribution in [2.24, 2.45) is 5.73 Å². The fourth-order valence-corrected chi connectivity index (χ4v) is 3.02. The molecule has 0 unspecified atom stereocenters. The summed E-state index contributed by atoms with van der Waals surface area (Å²) in [7, 11) is 0. The van der Waals surface area contributed by atoms with Crippen LogP contribution in [0.5, 0.6) is 0 Å². The van der Waals surface area contributed by atoms with Gasteiger partial charge in [0.2, 0.25) is 5.91 Å². The Hall–Kier alpha value is -1.59. The quantitative estimate of drug-likeness (QED) is 0.695. The summed E-state index contributed by atoms with van der Waals surface area (Å²) in [4.78, 5) is 14.4. The third kappa shape index (κ3) is 6.67. The van der Waals surface area contributed by atoms with Crippen LogP contribution in [0.15, 0.2) is 48.5 Å². The molecule has 0 heterocycles. The molecule has 0 aliphatic rings. The second-order valence-electron chi connectivity index (χ2n) is 5.76. The SMILES string of the molecule is NCCN(CCC(=O)Nc1c(Cl)cccc1Cl)CCc1ccccc1. The number of rotatable bonds is 9. The predicted molar refractivity (Wildman–Crippen MR) is 105 cm³/mol. The van der Waals surface area contributed by atoms with Gasteiger partial charge in [0, 0.05) is 32.6 Å². The highest BCUT2D eigenvalue weighted by molar-refractivity contribution is 6.39. The minimum Gasteiger partial charge on any atom is -0.329 e. The zero-order valence-corrected chi connectivity index (χ0v) is 15.6. The van der Waals surface area contributed by atoms with Gasteiger partial charge in [-0.2, -0.15) is 0 Å². The van der Waals surface area contributed by atoms with E-state index < -0.39 is 0 Å². The van der Waals surface area contributed by atoms with Crippen molar-refractivity contribution >= 4 is 34.8 Å². The molecule has 134 valence electrons. The van der Waals surface area contributed by atoms with E-state index in [4.69, 9.17) is 28.9 Å². The summed E-state index contributed by atoms with van der Waals surface area (Å²) >= 11 is 12.2. The van der Waals surface area contributed by atoms with Crippen molar-refractivity contribution in [3.8, 4) is 0 Å². The Balaban J connectivity index is 1.84. The van der Waals surface area contributed by atoms with Gasteiger partial charge in [0.05, 0.1) is 15.7 Å². The molecule has 6 heteroatoms. The molecule has 0 atom stereocenters. The Labute approximate surface area is 158 Å². The first-order valence-corrected chi connectivity index (χ1v) is 9.06. The number of anilines is 1. The third-order valence-corrected chi connectivity index (χ3v) is 4.52. The molecule has 0 spiro atoms. The Morgan fingerprint density at radius 3 is 2.28 bits per heavy atom. The fraction of sp³-hybridized carbons (Fsp3) is 0.316. The molecule has 0 aromatic heterocycles. The molecular formula is C19H23Cl2N3O. The molecular weight excluding hydrogens is 357 g/mol. The Morgan fingerprint density at radius 1 is 0.960 bits per heavy atom. The number of carbonyl (C=O) groups excluding carboxylic acids is 1. The van der Waals surface area contributed by atoms with Crippen LogP contribution in [0, 0.1) is 0 Å². The van der Waals surface area contributed by atoms with Crippen molar-refractivity contribution in [2.45, 2.75) is 12.8 Å². The van der Waals surface area contributed by atoms with Crippen molar-refractivity contribution in [3.63, 3.8) is 0 Å². The maximum atomic E-state index is 12.2. The Bertz CT molecular complexity index is 659. The van der Waals surface area contributed by atoms with E-state index >= 15 is 0 Å². The van der Waals surface area contributed by atoms with E-state index in [-0.39, 0.29) is 5.91 Å². The molecule has 0 radical (unpaired) electrons. The maximum absolute atomic E-state index is 12.2. The van der Waals surface area contributed by atoms with Crippen LogP contribution in [0.2, 0.25) is 10.0 Å². The number of amides is 1. The lowest BCUT2D eigenvalue weighted by atomic mass is 10.1. The highest BCUT2D eigenvalue weighted by atomic mass is 35.5. The van der Waals surface area contributed by atoms with Crippen LogP contribution in [0.4, 0.5) is 5.69 Å². The minimum atomic E-state index is -0.114. The van der Waals surface area contributed by atoms with Gasteiger partial charge in [-0.05, 0) is 24.1 Å². The van der Waals surface area contributed by atoms with Crippen LogP contribution in [0.3, 0.4) is 0 Å². The van der Waals surface area contributed by atoms with Crippen molar-refractivity contribution < 1.29 is 4.79 Å². The van der Waals surface area contributed by atoms with E-state index in [0.717, 1.165) is 19.5 Å². The highest BCUT2D eigenvalue weighted by Crippen LogP contribution is 2.29. The van der Waals surface area contributed by atoms with E-state index in [1.807, 2.05) is 18.2 Å². The van der Waals surface area contributed by atoms with Crippen molar-refractivity contribution in [1.82, 2.24) is 4.90 Å². The predicted octanol–water partition coefficient (Wildman–Crippen LogP) is 3.83. The van der Waals surface area contributed by atoms with Crippen LogP contribution in [0.1, 0.15) is 12.0 Å². The number of nitrogens with zero attached hydrogens (tertiary/aromatic N) is 1. The van der Waals surface area contributed by atoms with Gasteiger partial charge in [0.15, 0.2) is 0 Å². The van der Waals surface area contributed by atoms with Crippen molar-refractivity contribution in [1.29, 1.82) is 0 Å². The number of benzene rings is 2. The standard InChI is InChI=1S/C19H23Cl2N3O/c20-16-7-4-8-17(21)19(16)23-18(25)10-13-24(14-11-22)12-9-15-5-2-1-3-6-15/h1-8H,9-14,22H2,(H,23,25). The van der Waals surface area contributed by atoms with Crippen LogP contribution in [-0.2, 0) is 11.2 Å². The summed E-state index contributed by atoms with van der Waals surface area (Å²) in [6.07, 6.45) is 1.29. The lowest BCUT2D eigenvalue weighted by Gasteiger charge is -2.21. The highest BCUT2D eigenvalue weighted by Gasteiger charge is 2.12. The molecule has 3 N–H and O–H groups in total. The Morgan fingerprint density at radius 2 is 1.64 bits per heavy atom. The van der Waals surface area contributed by atoms with Gasteiger partial charge in [-0.25, -0.2) is 0 Å². The normalized spacial score (nSPS) is 10.9. The molecule has 2 aromatic carbocycles. The fourth-order valence-electron chi connectivity index (χ4n) is 2.53. The number of halogens is 2. The summed E-state index contributed by atoms with van der Waals surface area (Å²) in [5.74, 6) is -0.114. The van der Waals surface area contributed by atoms with Gasteiger partial charge >= 0.3 is 0 Å². The molecule has 0 saturated carbocycles. The van der Waals surface area contributed by atoms with Crippen LogP contribution in [0.25, 0.3) is 0 Å². The summed E-state index contributed by atoms with van der Waals surface area (Å²) in [6, 6.07) is 15.4. The van der Waals surface area contributed by atoms with E-state index in [1.54, 1.807) is 18.2 Å². The maximum Gasteiger partial charge on any atom is 0.225 e. The third-order valence-electron chi connectivity index (χ3n) is 3.89. The van der Waals surface area contributed by atoms with E-state index in [0.29, 0.717) is 35.2 Å². The molecule has 25 heavy (non-hydrogen) atoms. The summed E-state index contributed by atoms with van der Waals surface area (Å²) < 4.78 is 0. The monoisotopic (exact) mass is 379 g/mol. The lowest BCUT2D eigenvalue weighted by Crippen LogP contribution is -2.34. The van der Waals surface area contributed by atoms with E-state index in [9.17, 15) is 4.79 Å². The van der Waals surface area contributed by atoms with Crippen molar-refractivity contribution in [2.75, 3.05) is 31.5 Å². The summed E-state index contributed by atoms with van der Waals surface area (Å²) in [5, 5.41) is 3.66. The first-order chi connectivity index (χ1) is 12.1. The second kappa shape index (κ2) is 10.4. The van der Waals surface area contributed by atoms with Gasteiger partial charge in [0.1, 0.15) is 0 Å². The summed E-state index contributed by atoms with van der Waals surface area (Å²) in [5.41, 5.74) is 7.43. The second-order valence-corrected chi connectivity index (χ2v) is 6.58. The van der Waals surface area contributed by atoms with Crippen molar-refractivity contribution in [3.05, 3.63) is 64.1 Å². The molecule has 0 fully saturated rings. The molecule has 0 saturated heterocycles. The molecule has 2 rings (SSSR count). The van der Waals surface area contributed by atoms with Gasteiger partial charge in [-0.15, -0.1) is 0 Å². The topological polar surface area (TPSA) is 58.4 Å². The average Bonchev–Trinajstić information content (AvgIpc) is 2.61. The largest absolute Gasteiger partial charge is 0.329 e. The van der Waals surface area contributed by atoms with Gasteiger partial charge < -0.3 is 16.0 Å². The molecule has 0 bridgehead atoms. The Kier molecular flexibility index (Phi) is 8.22. The van der Waals surface area contributed by atoms with Gasteiger partial charge in [-0.3, -0.25) is 4.79 Å². The van der Waals surface area contributed by atoms with E-state index in [2.05, 4.69) is 22.3 Å². The number of hydrogen-bond acceptors (Lipinski definition) is 3. The molecule has 1 amide bonds. The number of para-hydroxylation sites is 1. The molecule has 4 nitrogen and oxygen atoms in total.